The van der Waals surface area contributed by atoms with E-state index in [1.807, 2.05) is 6.92 Å². The number of carbonyl (C=O) groups excluding carboxylic acids is 1. The fourth-order valence-electron chi connectivity index (χ4n) is 2.27. The lowest BCUT2D eigenvalue weighted by molar-refractivity contribution is -0.119. The lowest BCUT2D eigenvalue weighted by Crippen LogP contribution is -2.20. The number of carbonyl (C=O) groups is 2. The highest BCUT2D eigenvalue weighted by Crippen LogP contribution is 2.31. The largest absolute Gasteiger partial charge is 0.478 e. The molecule has 1 aromatic heterocycles. The maximum Gasteiger partial charge on any atom is 0.338 e. The first-order valence-corrected chi connectivity index (χ1v) is 7.10. The monoisotopic (exact) mass is 267 g/mol. The summed E-state index contributed by atoms with van der Waals surface area (Å²) >= 11 is 1.36. The molecule has 1 aliphatic rings. The van der Waals surface area contributed by atoms with Crippen molar-refractivity contribution in [3.05, 3.63) is 16.5 Å². The van der Waals surface area contributed by atoms with E-state index in [4.69, 9.17) is 5.11 Å². The Balaban J connectivity index is 2.14. The van der Waals surface area contributed by atoms with Crippen molar-refractivity contribution in [3.63, 3.8) is 0 Å². The van der Waals surface area contributed by atoms with Crippen LogP contribution in [0.15, 0.2) is 6.07 Å². The van der Waals surface area contributed by atoms with E-state index in [0.717, 1.165) is 37.0 Å². The average Bonchev–Trinajstić information content (AvgIpc) is 2.97. The molecule has 1 fully saturated rings. The molecule has 18 heavy (non-hydrogen) atoms. The van der Waals surface area contributed by atoms with Crippen molar-refractivity contribution >= 4 is 28.2 Å². The minimum Gasteiger partial charge on any atom is -0.478 e. The second-order valence-corrected chi connectivity index (χ2v) is 5.72. The smallest absolute Gasteiger partial charge is 0.338 e. The Labute approximate surface area is 110 Å². The number of nitrogens with one attached hydrogen (secondary N) is 1. The Morgan fingerprint density at radius 2 is 2.11 bits per heavy atom. The van der Waals surface area contributed by atoms with Crippen molar-refractivity contribution in [3.8, 4) is 0 Å². The molecule has 1 aliphatic carbocycles. The summed E-state index contributed by atoms with van der Waals surface area (Å²) in [6.07, 6.45) is 4.80. The van der Waals surface area contributed by atoms with Crippen LogP contribution in [-0.4, -0.2) is 17.0 Å². The van der Waals surface area contributed by atoms with Crippen LogP contribution in [0.4, 0.5) is 5.00 Å². The van der Waals surface area contributed by atoms with Gasteiger partial charge in [-0.2, -0.15) is 0 Å². The molecule has 0 atom stereocenters. The van der Waals surface area contributed by atoms with E-state index in [0.29, 0.717) is 5.00 Å². The summed E-state index contributed by atoms with van der Waals surface area (Å²) in [5.74, 6) is -0.953. The molecule has 2 rings (SSSR count). The van der Waals surface area contributed by atoms with Crippen LogP contribution in [-0.2, 0) is 11.2 Å². The van der Waals surface area contributed by atoms with E-state index in [9.17, 15) is 9.59 Å². The van der Waals surface area contributed by atoms with Gasteiger partial charge in [0.05, 0.1) is 5.56 Å². The number of aromatic carboxylic acids is 1. The fraction of sp³-hybridized carbons (Fsp3) is 0.538. The van der Waals surface area contributed by atoms with Crippen molar-refractivity contribution in [2.24, 2.45) is 5.92 Å². The van der Waals surface area contributed by atoms with E-state index in [2.05, 4.69) is 5.32 Å². The maximum absolute atomic E-state index is 12.0. The molecular weight excluding hydrogens is 250 g/mol. The number of rotatable bonds is 4. The van der Waals surface area contributed by atoms with Crippen LogP contribution < -0.4 is 5.32 Å². The second kappa shape index (κ2) is 5.52. The molecule has 2 N–H and O–H groups in total. The van der Waals surface area contributed by atoms with Crippen molar-refractivity contribution in [2.45, 2.75) is 39.0 Å². The zero-order valence-electron chi connectivity index (χ0n) is 10.4. The number of hydrogen-bond donors (Lipinski definition) is 2. The molecule has 0 saturated heterocycles. The van der Waals surface area contributed by atoms with E-state index in [-0.39, 0.29) is 17.4 Å². The summed E-state index contributed by atoms with van der Waals surface area (Å²) in [4.78, 5) is 24.1. The summed E-state index contributed by atoms with van der Waals surface area (Å²) < 4.78 is 0. The van der Waals surface area contributed by atoms with Gasteiger partial charge < -0.3 is 10.4 Å². The molecule has 0 aromatic carbocycles. The topological polar surface area (TPSA) is 66.4 Å². The van der Waals surface area contributed by atoms with E-state index in [1.165, 1.54) is 11.3 Å². The summed E-state index contributed by atoms with van der Waals surface area (Å²) in [5.41, 5.74) is 0.211. The molecule has 0 bridgehead atoms. The van der Waals surface area contributed by atoms with Crippen LogP contribution >= 0.6 is 11.3 Å². The predicted molar refractivity (Wildman–Crippen MR) is 71.2 cm³/mol. The van der Waals surface area contributed by atoms with Crippen LogP contribution in [0.5, 0.6) is 0 Å². The SMILES string of the molecule is CCc1cc(C(=O)O)c(NC(=O)C2CCCC2)s1. The van der Waals surface area contributed by atoms with E-state index in [1.54, 1.807) is 6.07 Å². The Morgan fingerprint density at radius 3 is 2.67 bits per heavy atom. The van der Waals surface area contributed by atoms with Crippen molar-refractivity contribution in [1.82, 2.24) is 0 Å². The first kappa shape index (κ1) is 13.1. The molecule has 1 saturated carbocycles. The number of carboxylic acid groups (broad SMARTS) is 1. The van der Waals surface area contributed by atoms with Crippen molar-refractivity contribution in [2.75, 3.05) is 5.32 Å². The van der Waals surface area contributed by atoms with Gasteiger partial charge in [-0.3, -0.25) is 4.79 Å². The maximum atomic E-state index is 12.0. The summed E-state index contributed by atoms with van der Waals surface area (Å²) in [6, 6.07) is 1.65. The van der Waals surface area contributed by atoms with Crippen LogP contribution in [0.25, 0.3) is 0 Å². The number of carboxylic acids is 1. The van der Waals surface area contributed by atoms with Crippen molar-refractivity contribution < 1.29 is 14.7 Å². The fourth-order valence-corrected chi connectivity index (χ4v) is 3.26. The molecule has 1 amide bonds. The second-order valence-electron chi connectivity index (χ2n) is 4.58. The molecule has 1 heterocycles. The van der Waals surface area contributed by atoms with Crippen molar-refractivity contribution in [1.29, 1.82) is 0 Å². The third-order valence-corrected chi connectivity index (χ3v) is 4.52. The van der Waals surface area contributed by atoms with Gasteiger partial charge in [-0.25, -0.2) is 4.79 Å². The molecular formula is C13H17NO3S. The van der Waals surface area contributed by atoms with Crippen LogP contribution in [0.3, 0.4) is 0 Å². The third kappa shape index (κ3) is 2.72. The molecule has 0 spiro atoms. The number of thiophene rings is 1. The Kier molecular flexibility index (Phi) is 4.01. The summed E-state index contributed by atoms with van der Waals surface area (Å²) in [7, 11) is 0. The quantitative estimate of drug-likeness (QED) is 0.880. The standard InChI is InChI=1S/C13H17NO3S/c1-2-9-7-10(13(16)17)12(18-9)14-11(15)8-5-3-4-6-8/h7-8H,2-6H2,1H3,(H,14,15)(H,16,17). The Morgan fingerprint density at radius 1 is 1.44 bits per heavy atom. The first-order valence-electron chi connectivity index (χ1n) is 6.28. The third-order valence-electron chi connectivity index (χ3n) is 3.32. The number of amides is 1. The van der Waals surface area contributed by atoms with Gasteiger partial charge in [0.1, 0.15) is 5.00 Å². The zero-order chi connectivity index (χ0) is 13.1. The van der Waals surface area contributed by atoms with Gasteiger partial charge in [0, 0.05) is 10.8 Å². The van der Waals surface area contributed by atoms with Gasteiger partial charge in [0.15, 0.2) is 0 Å². The molecule has 98 valence electrons. The average molecular weight is 267 g/mol. The lowest BCUT2D eigenvalue weighted by Gasteiger charge is -2.09. The zero-order valence-corrected chi connectivity index (χ0v) is 11.2. The highest BCUT2D eigenvalue weighted by molar-refractivity contribution is 7.16. The molecule has 0 radical (unpaired) electrons. The highest BCUT2D eigenvalue weighted by Gasteiger charge is 2.25. The summed E-state index contributed by atoms with van der Waals surface area (Å²) in [5, 5.41) is 12.4. The number of hydrogen-bond acceptors (Lipinski definition) is 3. The minimum absolute atomic E-state index is 0.0282. The predicted octanol–water partition coefficient (Wildman–Crippen LogP) is 3.14. The Bertz CT molecular complexity index is 461. The lowest BCUT2D eigenvalue weighted by atomic mass is 10.1. The van der Waals surface area contributed by atoms with Gasteiger partial charge in [-0.1, -0.05) is 19.8 Å². The normalized spacial score (nSPS) is 15.8. The van der Waals surface area contributed by atoms with Gasteiger partial charge in [0.25, 0.3) is 0 Å². The van der Waals surface area contributed by atoms with Crippen LogP contribution in [0, 0.1) is 5.92 Å². The summed E-state index contributed by atoms with van der Waals surface area (Å²) in [6.45, 7) is 1.97. The minimum atomic E-state index is -0.979. The van der Waals surface area contributed by atoms with Crippen LogP contribution in [0.1, 0.15) is 47.8 Å². The molecule has 0 unspecified atom stereocenters. The van der Waals surface area contributed by atoms with Gasteiger partial charge in [-0.15, -0.1) is 11.3 Å². The first-order chi connectivity index (χ1) is 8.61. The van der Waals surface area contributed by atoms with Gasteiger partial charge >= 0.3 is 5.97 Å². The number of anilines is 1. The number of aryl methyl sites for hydroxylation is 1. The van der Waals surface area contributed by atoms with Crippen LogP contribution in [0.2, 0.25) is 0 Å². The van der Waals surface area contributed by atoms with Gasteiger partial charge in [0.2, 0.25) is 5.91 Å². The van der Waals surface area contributed by atoms with Gasteiger partial charge in [-0.05, 0) is 25.3 Å². The molecule has 1 aromatic rings. The highest BCUT2D eigenvalue weighted by atomic mass is 32.1. The Hall–Kier alpha value is -1.36. The molecule has 0 aliphatic heterocycles. The van der Waals surface area contributed by atoms with E-state index < -0.39 is 5.97 Å². The molecule has 5 heteroatoms. The molecule has 4 nitrogen and oxygen atoms in total. The van der Waals surface area contributed by atoms with E-state index >= 15 is 0 Å².